The second-order valence-corrected chi connectivity index (χ2v) is 6.20. The Morgan fingerprint density at radius 1 is 0.741 bits per heavy atom. The summed E-state index contributed by atoms with van der Waals surface area (Å²) in [6.45, 7) is 1.15. The monoisotopic (exact) mass is 362 g/mol. The first-order valence-electron chi connectivity index (χ1n) is 8.92. The molecular formula is C23H22O4. The summed E-state index contributed by atoms with van der Waals surface area (Å²) in [4.78, 5) is 10.8. The first kappa shape index (κ1) is 18.5. The van der Waals surface area contributed by atoms with Crippen LogP contribution in [-0.2, 0) is 13.0 Å². The van der Waals surface area contributed by atoms with Crippen molar-refractivity contribution in [1.82, 2.24) is 0 Å². The summed E-state index contributed by atoms with van der Waals surface area (Å²) in [5.41, 5.74) is 2.64. The third-order valence-electron chi connectivity index (χ3n) is 4.15. The van der Waals surface area contributed by atoms with Gasteiger partial charge in [0, 0.05) is 0 Å². The van der Waals surface area contributed by atoms with E-state index in [2.05, 4.69) is 12.1 Å². The van der Waals surface area contributed by atoms with Crippen molar-refractivity contribution in [3.8, 4) is 11.5 Å². The fourth-order valence-electron chi connectivity index (χ4n) is 2.65. The molecule has 0 atom stereocenters. The maximum atomic E-state index is 10.8. The van der Waals surface area contributed by atoms with Crippen LogP contribution in [0.1, 0.15) is 27.9 Å². The number of hydrogen-bond donors (Lipinski definition) is 1. The van der Waals surface area contributed by atoms with Crippen LogP contribution >= 0.6 is 0 Å². The lowest BCUT2D eigenvalue weighted by Gasteiger charge is -2.08. The van der Waals surface area contributed by atoms with Gasteiger partial charge in [0.25, 0.3) is 0 Å². The smallest absolute Gasteiger partial charge is 0.335 e. The van der Waals surface area contributed by atoms with Gasteiger partial charge in [-0.25, -0.2) is 4.79 Å². The molecular weight excluding hydrogens is 340 g/mol. The molecule has 0 aliphatic rings. The molecule has 0 saturated carbocycles. The average molecular weight is 362 g/mol. The van der Waals surface area contributed by atoms with E-state index in [1.165, 1.54) is 5.56 Å². The van der Waals surface area contributed by atoms with E-state index in [1.54, 1.807) is 24.3 Å². The quantitative estimate of drug-likeness (QED) is 0.546. The molecule has 0 radical (unpaired) electrons. The summed E-state index contributed by atoms with van der Waals surface area (Å²) in [6.07, 6.45) is 1.79. The molecule has 0 amide bonds. The van der Waals surface area contributed by atoms with Crippen molar-refractivity contribution in [2.24, 2.45) is 0 Å². The number of carboxylic acids is 1. The van der Waals surface area contributed by atoms with Gasteiger partial charge in [0.2, 0.25) is 0 Å². The Kier molecular flexibility index (Phi) is 6.47. The van der Waals surface area contributed by atoms with Crippen LogP contribution < -0.4 is 9.47 Å². The van der Waals surface area contributed by atoms with Gasteiger partial charge in [0.15, 0.2) is 0 Å². The zero-order valence-corrected chi connectivity index (χ0v) is 15.0. The van der Waals surface area contributed by atoms with Gasteiger partial charge in [-0.15, -0.1) is 0 Å². The van der Waals surface area contributed by atoms with Crippen LogP contribution in [0, 0.1) is 0 Å². The van der Waals surface area contributed by atoms with Crippen molar-refractivity contribution in [2.75, 3.05) is 6.61 Å². The molecule has 0 bridgehead atoms. The lowest BCUT2D eigenvalue weighted by Crippen LogP contribution is -2.01. The molecule has 0 aliphatic carbocycles. The number of ether oxygens (including phenoxy) is 2. The zero-order chi connectivity index (χ0) is 18.9. The molecule has 0 aromatic heterocycles. The normalized spacial score (nSPS) is 10.4. The lowest BCUT2D eigenvalue weighted by molar-refractivity contribution is 0.0697. The van der Waals surface area contributed by atoms with Gasteiger partial charge in [0.1, 0.15) is 18.1 Å². The Bertz CT molecular complexity index is 840. The number of carboxylic acid groups (broad SMARTS) is 1. The summed E-state index contributed by atoms with van der Waals surface area (Å²) >= 11 is 0. The van der Waals surface area contributed by atoms with Crippen LogP contribution in [0.5, 0.6) is 11.5 Å². The molecule has 0 unspecified atom stereocenters. The van der Waals surface area contributed by atoms with Crippen molar-refractivity contribution in [3.63, 3.8) is 0 Å². The first-order chi connectivity index (χ1) is 13.2. The van der Waals surface area contributed by atoms with Crippen LogP contribution in [0.4, 0.5) is 0 Å². The molecule has 0 aliphatic heterocycles. The molecule has 1 N–H and O–H groups in total. The van der Waals surface area contributed by atoms with E-state index in [1.807, 2.05) is 42.5 Å². The maximum Gasteiger partial charge on any atom is 0.335 e. The van der Waals surface area contributed by atoms with E-state index in [0.29, 0.717) is 19.0 Å². The van der Waals surface area contributed by atoms with E-state index in [-0.39, 0.29) is 5.56 Å². The molecule has 0 saturated heterocycles. The highest BCUT2D eigenvalue weighted by atomic mass is 16.5. The molecule has 3 rings (SSSR count). The zero-order valence-electron chi connectivity index (χ0n) is 15.0. The van der Waals surface area contributed by atoms with Crippen LogP contribution in [-0.4, -0.2) is 17.7 Å². The largest absolute Gasteiger partial charge is 0.494 e. The predicted molar refractivity (Wildman–Crippen MR) is 104 cm³/mol. The summed E-state index contributed by atoms with van der Waals surface area (Å²) in [5.74, 6) is 0.611. The van der Waals surface area contributed by atoms with E-state index in [9.17, 15) is 4.79 Å². The maximum absolute atomic E-state index is 10.8. The third-order valence-corrected chi connectivity index (χ3v) is 4.15. The van der Waals surface area contributed by atoms with E-state index < -0.39 is 5.97 Å². The van der Waals surface area contributed by atoms with Gasteiger partial charge < -0.3 is 14.6 Å². The number of aryl methyl sites for hydroxylation is 1. The van der Waals surface area contributed by atoms with E-state index in [4.69, 9.17) is 14.6 Å². The molecule has 0 spiro atoms. The number of benzene rings is 3. The van der Waals surface area contributed by atoms with Crippen molar-refractivity contribution >= 4 is 5.97 Å². The van der Waals surface area contributed by atoms with Gasteiger partial charge >= 0.3 is 5.97 Å². The fraction of sp³-hybridized carbons (Fsp3) is 0.174. The summed E-state index contributed by atoms with van der Waals surface area (Å²) < 4.78 is 11.4. The minimum absolute atomic E-state index is 0.261. The van der Waals surface area contributed by atoms with Crippen LogP contribution in [0.25, 0.3) is 0 Å². The fourth-order valence-corrected chi connectivity index (χ4v) is 2.65. The Morgan fingerprint density at radius 3 is 2.04 bits per heavy atom. The van der Waals surface area contributed by atoms with Crippen molar-refractivity contribution in [1.29, 1.82) is 0 Å². The topological polar surface area (TPSA) is 55.8 Å². The molecule has 4 heteroatoms. The SMILES string of the molecule is O=C(O)c1ccc(OCCCc2ccc(OCc3ccccc3)cc2)cc1. The Labute approximate surface area is 159 Å². The molecule has 4 nitrogen and oxygen atoms in total. The van der Waals surface area contributed by atoms with Gasteiger partial charge in [-0.05, 0) is 60.4 Å². The molecule has 27 heavy (non-hydrogen) atoms. The van der Waals surface area contributed by atoms with Crippen molar-refractivity contribution in [2.45, 2.75) is 19.4 Å². The van der Waals surface area contributed by atoms with Crippen LogP contribution in [0.2, 0.25) is 0 Å². The number of hydrogen-bond acceptors (Lipinski definition) is 3. The highest BCUT2D eigenvalue weighted by Crippen LogP contribution is 2.16. The van der Waals surface area contributed by atoms with Gasteiger partial charge in [-0.2, -0.15) is 0 Å². The Balaban J connectivity index is 1.39. The average Bonchev–Trinajstić information content (AvgIpc) is 2.71. The minimum Gasteiger partial charge on any atom is -0.494 e. The third kappa shape index (κ3) is 5.89. The predicted octanol–water partition coefficient (Wildman–Crippen LogP) is 4.98. The number of aromatic carboxylic acids is 1. The highest BCUT2D eigenvalue weighted by Gasteiger charge is 2.02. The Hall–Kier alpha value is -3.27. The lowest BCUT2D eigenvalue weighted by atomic mass is 10.1. The van der Waals surface area contributed by atoms with Crippen LogP contribution in [0.15, 0.2) is 78.9 Å². The molecule has 0 fully saturated rings. The van der Waals surface area contributed by atoms with Crippen molar-refractivity contribution < 1.29 is 19.4 Å². The number of carbonyl (C=O) groups is 1. The van der Waals surface area contributed by atoms with Crippen LogP contribution in [0.3, 0.4) is 0 Å². The standard InChI is InChI=1S/C23H22O4/c24-23(25)20-10-14-21(15-11-20)26-16-4-7-18-8-12-22(13-9-18)27-17-19-5-2-1-3-6-19/h1-3,5-6,8-15H,4,7,16-17H2,(H,24,25). The minimum atomic E-state index is -0.933. The summed E-state index contributed by atoms with van der Waals surface area (Å²) in [5, 5.41) is 8.88. The van der Waals surface area contributed by atoms with E-state index >= 15 is 0 Å². The first-order valence-corrected chi connectivity index (χ1v) is 8.92. The molecule has 138 valence electrons. The van der Waals surface area contributed by atoms with E-state index in [0.717, 1.165) is 24.2 Å². The van der Waals surface area contributed by atoms with Gasteiger partial charge in [-0.1, -0.05) is 42.5 Å². The van der Waals surface area contributed by atoms with Gasteiger partial charge in [0.05, 0.1) is 12.2 Å². The summed E-state index contributed by atoms with van der Waals surface area (Å²) in [7, 11) is 0. The highest BCUT2D eigenvalue weighted by molar-refractivity contribution is 5.87. The number of rotatable bonds is 9. The summed E-state index contributed by atoms with van der Waals surface area (Å²) in [6, 6.07) is 24.7. The molecule has 3 aromatic rings. The molecule has 3 aromatic carbocycles. The second kappa shape index (κ2) is 9.43. The second-order valence-electron chi connectivity index (χ2n) is 6.20. The van der Waals surface area contributed by atoms with Crippen molar-refractivity contribution in [3.05, 3.63) is 95.6 Å². The Morgan fingerprint density at radius 2 is 1.37 bits per heavy atom. The molecule has 0 heterocycles. The van der Waals surface area contributed by atoms with Gasteiger partial charge in [-0.3, -0.25) is 0 Å².